The molecule has 0 aromatic carbocycles. The van der Waals surface area contributed by atoms with E-state index in [1.807, 2.05) is 13.8 Å². The molecule has 0 aromatic heterocycles. The molecule has 0 unspecified atom stereocenters. The van der Waals surface area contributed by atoms with Crippen LogP contribution in [0.2, 0.25) is 0 Å². The minimum absolute atomic E-state index is 0.00662. The summed E-state index contributed by atoms with van der Waals surface area (Å²) in [6.45, 7) is 4.99. The molecule has 0 aliphatic rings. The third-order valence-corrected chi connectivity index (χ3v) is 2.56. The van der Waals surface area contributed by atoms with E-state index in [1.54, 1.807) is 0 Å². The summed E-state index contributed by atoms with van der Waals surface area (Å²) in [7, 11) is 0. The van der Waals surface area contributed by atoms with Crippen LogP contribution in [0.1, 0.15) is 33.1 Å². The van der Waals surface area contributed by atoms with Crippen molar-refractivity contribution in [3.05, 3.63) is 0 Å². The number of nitrogens with two attached hydrogens (primary N) is 2. The Labute approximate surface area is 97.6 Å². The van der Waals surface area contributed by atoms with Crippen LogP contribution in [0, 0.1) is 5.92 Å². The maximum absolute atomic E-state index is 10.9. The summed E-state index contributed by atoms with van der Waals surface area (Å²) in [5.41, 5.74) is 11.2. The van der Waals surface area contributed by atoms with Crippen molar-refractivity contribution in [2.75, 3.05) is 13.1 Å². The third-order valence-electron chi connectivity index (χ3n) is 2.56. The number of nitrogens with one attached hydrogen (secondary N) is 1. The highest BCUT2D eigenvalue weighted by Gasteiger charge is 2.21. The average molecular weight is 231 g/mol. The maximum atomic E-state index is 10.9. The standard InChI is InChI=1S/C11H25N3O2/c1-8(2)10(11(15)16)14-7-9(13)5-3-4-6-12/h8-10,14H,3-7,12-13H2,1-2H3,(H,15,16)/t9-,10-/m0/s1. The zero-order valence-electron chi connectivity index (χ0n) is 10.3. The molecule has 0 bridgehead atoms. The van der Waals surface area contributed by atoms with E-state index in [0.717, 1.165) is 19.3 Å². The number of carbonyl (C=O) groups is 1. The van der Waals surface area contributed by atoms with Crippen LogP contribution in [0.5, 0.6) is 0 Å². The average Bonchev–Trinajstić information content (AvgIpc) is 2.17. The molecule has 0 radical (unpaired) electrons. The van der Waals surface area contributed by atoms with Crippen molar-refractivity contribution in [2.24, 2.45) is 17.4 Å². The van der Waals surface area contributed by atoms with E-state index >= 15 is 0 Å². The fraction of sp³-hybridized carbons (Fsp3) is 0.909. The van der Waals surface area contributed by atoms with Crippen LogP contribution in [0.25, 0.3) is 0 Å². The zero-order chi connectivity index (χ0) is 12.6. The van der Waals surface area contributed by atoms with E-state index in [9.17, 15) is 4.79 Å². The SMILES string of the molecule is CC(C)[C@H](NC[C@@H](N)CCCCN)C(=O)O. The summed E-state index contributed by atoms with van der Waals surface area (Å²) in [6.07, 6.45) is 2.85. The predicted octanol–water partition coefficient (Wildman–Crippen LogP) is 0.142. The van der Waals surface area contributed by atoms with Crippen molar-refractivity contribution in [3.63, 3.8) is 0 Å². The molecule has 0 heterocycles. The van der Waals surface area contributed by atoms with E-state index in [2.05, 4.69) is 5.32 Å². The van der Waals surface area contributed by atoms with E-state index in [0.29, 0.717) is 13.1 Å². The van der Waals surface area contributed by atoms with E-state index in [4.69, 9.17) is 16.6 Å². The molecule has 0 spiro atoms. The predicted molar refractivity (Wildman–Crippen MR) is 65.1 cm³/mol. The smallest absolute Gasteiger partial charge is 0.320 e. The molecule has 5 heteroatoms. The lowest BCUT2D eigenvalue weighted by Crippen LogP contribution is -2.46. The number of rotatable bonds is 9. The Morgan fingerprint density at radius 2 is 2.00 bits per heavy atom. The van der Waals surface area contributed by atoms with Crippen LogP contribution in [0.3, 0.4) is 0 Å². The monoisotopic (exact) mass is 231 g/mol. The molecule has 0 rings (SSSR count). The molecule has 0 aliphatic carbocycles. The van der Waals surface area contributed by atoms with Crippen LogP contribution < -0.4 is 16.8 Å². The molecule has 6 N–H and O–H groups in total. The fourth-order valence-electron chi connectivity index (χ4n) is 1.54. The topological polar surface area (TPSA) is 101 Å². The Balaban J connectivity index is 3.78. The summed E-state index contributed by atoms with van der Waals surface area (Å²) in [5.74, 6) is -0.752. The molecule has 0 aromatic rings. The second kappa shape index (κ2) is 8.50. The van der Waals surface area contributed by atoms with Crippen molar-refractivity contribution in [2.45, 2.75) is 45.2 Å². The minimum atomic E-state index is -0.816. The summed E-state index contributed by atoms with van der Waals surface area (Å²) < 4.78 is 0. The lowest BCUT2D eigenvalue weighted by molar-refractivity contribution is -0.140. The Morgan fingerprint density at radius 3 is 2.44 bits per heavy atom. The highest BCUT2D eigenvalue weighted by molar-refractivity contribution is 5.73. The van der Waals surface area contributed by atoms with Gasteiger partial charge in [0.15, 0.2) is 0 Å². The van der Waals surface area contributed by atoms with Gasteiger partial charge in [-0.2, -0.15) is 0 Å². The lowest BCUT2D eigenvalue weighted by atomic mass is 10.0. The van der Waals surface area contributed by atoms with Gasteiger partial charge in [0.05, 0.1) is 0 Å². The molecule has 96 valence electrons. The molecule has 0 fully saturated rings. The van der Waals surface area contributed by atoms with E-state index in [-0.39, 0.29) is 12.0 Å². The molecule has 0 aliphatic heterocycles. The first kappa shape index (κ1) is 15.3. The Morgan fingerprint density at radius 1 is 1.38 bits per heavy atom. The number of carboxylic acids is 1. The highest BCUT2D eigenvalue weighted by atomic mass is 16.4. The fourth-order valence-corrected chi connectivity index (χ4v) is 1.54. The first-order chi connectivity index (χ1) is 7.49. The van der Waals surface area contributed by atoms with E-state index < -0.39 is 12.0 Å². The normalized spacial score (nSPS) is 15.1. The van der Waals surface area contributed by atoms with Crippen molar-refractivity contribution in [1.29, 1.82) is 0 Å². The van der Waals surface area contributed by atoms with Gasteiger partial charge in [-0.3, -0.25) is 4.79 Å². The number of carboxylic acid groups (broad SMARTS) is 1. The maximum Gasteiger partial charge on any atom is 0.320 e. The van der Waals surface area contributed by atoms with Gasteiger partial charge < -0.3 is 21.9 Å². The number of unbranched alkanes of at least 4 members (excludes halogenated alkanes) is 1. The Bertz CT molecular complexity index is 198. The van der Waals surface area contributed by atoms with Gasteiger partial charge in [-0.05, 0) is 25.3 Å². The molecular weight excluding hydrogens is 206 g/mol. The third kappa shape index (κ3) is 6.76. The highest BCUT2D eigenvalue weighted by Crippen LogP contribution is 2.03. The number of hydrogen-bond acceptors (Lipinski definition) is 4. The van der Waals surface area contributed by atoms with Crippen LogP contribution in [0.15, 0.2) is 0 Å². The summed E-state index contributed by atoms with van der Waals surface area (Å²) in [6, 6.07) is -0.507. The molecule has 16 heavy (non-hydrogen) atoms. The zero-order valence-corrected chi connectivity index (χ0v) is 10.3. The van der Waals surface area contributed by atoms with Crippen LogP contribution in [-0.4, -0.2) is 36.2 Å². The second-order valence-corrected chi connectivity index (χ2v) is 4.51. The van der Waals surface area contributed by atoms with Gasteiger partial charge in [0.25, 0.3) is 0 Å². The number of aliphatic carboxylic acids is 1. The van der Waals surface area contributed by atoms with Crippen molar-refractivity contribution < 1.29 is 9.90 Å². The summed E-state index contributed by atoms with van der Waals surface area (Å²) in [5, 5.41) is 11.9. The summed E-state index contributed by atoms with van der Waals surface area (Å²) in [4.78, 5) is 10.9. The van der Waals surface area contributed by atoms with Gasteiger partial charge >= 0.3 is 5.97 Å². The molecular formula is C11H25N3O2. The first-order valence-electron chi connectivity index (χ1n) is 5.90. The first-order valence-corrected chi connectivity index (χ1v) is 5.90. The van der Waals surface area contributed by atoms with Crippen molar-refractivity contribution in [3.8, 4) is 0 Å². The Hall–Kier alpha value is -0.650. The van der Waals surface area contributed by atoms with Crippen LogP contribution >= 0.6 is 0 Å². The lowest BCUT2D eigenvalue weighted by Gasteiger charge is -2.20. The minimum Gasteiger partial charge on any atom is -0.480 e. The van der Waals surface area contributed by atoms with Gasteiger partial charge in [-0.25, -0.2) is 0 Å². The second-order valence-electron chi connectivity index (χ2n) is 4.51. The molecule has 2 atom stereocenters. The van der Waals surface area contributed by atoms with Crippen LogP contribution in [0.4, 0.5) is 0 Å². The van der Waals surface area contributed by atoms with Gasteiger partial charge in [-0.1, -0.05) is 20.3 Å². The quantitative estimate of drug-likeness (QED) is 0.423. The molecule has 5 nitrogen and oxygen atoms in total. The van der Waals surface area contributed by atoms with Gasteiger partial charge in [0.1, 0.15) is 6.04 Å². The van der Waals surface area contributed by atoms with Gasteiger partial charge in [-0.15, -0.1) is 0 Å². The summed E-state index contributed by atoms with van der Waals surface area (Å²) >= 11 is 0. The van der Waals surface area contributed by atoms with Crippen molar-refractivity contribution >= 4 is 5.97 Å². The van der Waals surface area contributed by atoms with Crippen molar-refractivity contribution in [1.82, 2.24) is 5.32 Å². The van der Waals surface area contributed by atoms with Crippen LogP contribution in [-0.2, 0) is 4.79 Å². The number of hydrogen-bond donors (Lipinski definition) is 4. The molecule has 0 saturated heterocycles. The van der Waals surface area contributed by atoms with Gasteiger partial charge in [0.2, 0.25) is 0 Å². The molecule has 0 amide bonds. The van der Waals surface area contributed by atoms with Gasteiger partial charge in [0, 0.05) is 12.6 Å². The van der Waals surface area contributed by atoms with E-state index in [1.165, 1.54) is 0 Å². The largest absolute Gasteiger partial charge is 0.480 e. The Kier molecular flexibility index (Phi) is 8.15. The molecule has 0 saturated carbocycles.